The summed E-state index contributed by atoms with van der Waals surface area (Å²) < 4.78 is 11.1. The number of methoxy groups -OCH3 is 1. The number of guanidine groups is 1. The Kier molecular flexibility index (Phi) is 11.5. The lowest BCUT2D eigenvalue weighted by Crippen LogP contribution is -2.45. The molecule has 27 heavy (non-hydrogen) atoms. The average molecular weight is 490 g/mol. The maximum absolute atomic E-state index is 5.64. The van der Waals surface area contributed by atoms with Gasteiger partial charge in [0, 0.05) is 39.3 Å². The number of rotatable bonds is 9. The lowest BCUT2D eigenvalue weighted by molar-refractivity contribution is 0.128. The van der Waals surface area contributed by atoms with Crippen LogP contribution < -0.4 is 20.3 Å². The second kappa shape index (κ2) is 13.0. The molecule has 0 spiro atoms. The molecule has 0 aromatic heterocycles. The number of aliphatic imine (C=N–C) groups is 1. The van der Waals surface area contributed by atoms with Crippen molar-refractivity contribution in [2.45, 2.75) is 32.7 Å². The minimum Gasteiger partial charge on any atom is -0.495 e. The fourth-order valence-corrected chi connectivity index (χ4v) is 3.04. The third kappa shape index (κ3) is 8.13. The SMILES string of the molecule is CN=C(NCCOCCC(C)C)NC1CCN(c2ccccc2OC)C1.I. The fraction of sp³-hybridized carbons (Fsp3) is 0.650. The van der Waals surface area contributed by atoms with Crippen molar-refractivity contribution in [3.8, 4) is 5.75 Å². The van der Waals surface area contributed by atoms with Crippen molar-refractivity contribution >= 4 is 35.6 Å². The first-order chi connectivity index (χ1) is 12.6. The van der Waals surface area contributed by atoms with Crippen LogP contribution in [0.25, 0.3) is 0 Å². The van der Waals surface area contributed by atoms with Crippen molar-refractivity contribution in [2.75, 3.05) is 51.9 Å². The monoisotopic (exact) mass is 490 g/mol. The van der Waals surface area contributed by atoms with E-state index in [1.807, 2.05) is 19.2 Å². The van der Waals surface area contributed by atoms with E-state index in [1.54, 1.807) is 7.11 Å². The molecule has 1 heterocycles. The zero-order chi connectivity index (χ0) is 18.8. The van der Waals surface area contributed by atoms with Crippen molar-refractivity contribution in [2.24, 2.45) is 10.9 Å². The molecule has 7 heteroatoms. The van der Waals surface area contributed by atoms with Gasteiger partial charge in [-0.15, -0.1) is 24.0 Å². The summed E-state index contributed by atoms with van der Waals surface area (Å²) >= 11 is 0. The van der Waals surface area contributed by atoms with Gasteiger partial charge in [0.05, 0.1) is 19.4 Å². The Balaban J connectivity index is 0.00000364. The van der Waals surface area contributed by atoms with Crippen LogP contribution in [0.5, 0.6) is 5.75 Å². The fourth-order valence-electron chi connectivity index (χ4n) is 3.04. The minimum atomic E-state index is 0. The minimum absolute atomic E-state index is 0. The summed E-state index contributed by atoms with van der Waals surface area (Å²) in [5, 5.41) is 6.85. The van der Waals surface area contributed by atoms with Crippen molar-refractivity contribution in [3.05, 3.63) is 24.3 Å². The van der Waals surface area contributed by atoms with Gasteiger partial charge in [-0.3, -0.25) is 4.99 Å². The Morgan fingerprint density at radius 3 is 2.78 bits per heavy atom. The first-order valence-electron chi connectivity index (χ1n) is 9.57. The highest BCUT2D eigenvalue weighted by Gasteiger charge is 2.25. The number of benzene rings is 1. The average Bonchev–Trinajstić information content (AvgIpc) is 3.11. The van der Waals surface area contributed by atoms with E-state index < -0.39 is 0 Å². The van der Waals surface area contributed by atoms with E-state index in [0.29, 0.717) is 18.6 Å². The number of hydrogen-bond donors (Lipinski definition) is 2. The second-order valence-electron chi connectivity index (χ2n) is 7.04. The predicted octanol–water partition coefficient (Wildman–Crippen LogP) is 3.12. The third-order valence-corrected chi connectivity index (χ3v) is 4.56. The summed E-state index contributed by atoms with van der Waals surface area (Å²) in [6.45, 7) is 8.65. The van der Waals surface area contributed by atoms with Crippen LogP contribution in [0.15, 0.2) is 29.3 Å². The van der Waals surface area contributed by atoms with Crippen molar-refractivity contribution in [1.82, 2.24) is 10.6 Å². The molecular weight excluding hydrogens is 455 g/mol. The summed E-state index contributed by atoms with van der Waals surface area (Å²) in [6.07, 6.45) is 2.18. The van der Waals surface area contributed by atoms with Crippen LogP contribution in [-0.4, -0.2) is 59.0 Å². The van der Waals surface area contributed by atoms with Gasteiger partial charge in [-0.25, -0.2) is 0 Å². The van der Waals surface area contributed by atoms with E-state index in [2.05, 4.69) is 46.5 Å². The molecule has 1 aliphatic heterocycles. The molecule has 1 fully saturated rings. The van der Waals surface area contributed by atoms with Crippen LogP contribution in [0.4, 0.5) is 5.69 Å². The van der Waals surface area contributed by atoms with Gasteiger partial charge in [-0.05, 0) is 30.9 Å². The maximum atomic E-state index is 5.64. The van der Waals surface area contributed by atoms with E-state index in [4.69, 9.17) is 9.47 Å². The van der Waals surface area contributed by atoms with Gasteiger partial charge in [0.2, 0.25) is 0 Å². The topological polar surface area (TPSA) is 58.1 Å². The highest BCUT2D eigenvalue weighted by Crippen LogP contribution is 2.30. The largest absolute Gasteiger partial charge is 0.495 e. The Morgan fingerprint density at radius 2 is 2.07 bits per heavy atom. The van der Waals surface area contributed by atoms with Gasteiger partial charge < -0.3 is 25.0 Å². The first kappa shape index (κ1) is 23.8. The quantitative estimate of drug-likeness (QED) is 0.241. The lowest BCUT2D eigenvalue weighted by Gasteiger charge is -2.22. The molecule has 1 aromatic rings. The van der Waals surface area contributed by atoms with E-state index >= 15 is 0 Å². The summed E-state index contributed by atoms with van der Waals surface area (Å²) in [5.74, 6) is 2.45. The summed E-state index contributed by atoms with van der Waals surface area (Å²) in [7, 11) is 3.53. The van der Waals surface area contributed by atoms with Crippen LogP contribution in [0.2, 0.25) is 0 Å². The number of para-hydroxylation sites is 2. The van der Waals surface area contributed by atoms with Gasteiger partial charge in [0.15, 0.2) is 5.96 Å². The van der Waals surface area contributed by atoms with Crippen LogP contribution in [0, 0.1) is 5.92 Å². The normalized spacial score (nSPS) is 17.0. The van der Waals surface area contributed by atoms with Gasteiger partial charge in [-0.2, -0.15) is 0 Å². The predicted molar refractivity (Wildman–Crippen MR) is 124 cm³/mol. The molecular formula is C20H35IN4O2. The smallest absolute Gasteiger partial charge is 0.191 e. The Bertz CT molecular complexity index is 569. The van der Waals surface area contributed by atoms with Gasteiger partial charge >= 0.3 is 0 Å². The molecule has 6 nitrogen and oxygen atoms in total. The molecule has 0 amide bonds. The summed E-state index contributed by atoms with van der Waals surface area (Å²) in [5.41, 5.74) is 1.15. The zero-order valence-electron chi connectivity index (χ0n) is 17.0. The molecule has 1 atom stereocenters. The summed E-state index contributed by atoms with van der Waals surface area (Å²) in [4.78, 5) is 6.68. The lowest BCUT2D eigenvalue weighted by atomic mass is 10.1. The Morgan fingerprint density at radius 1 is 1.30 bits per heavy atom. The van der Waals surface area contributed by atoms with Crippen molar-refractivity contribution < 1.29 is 9.47 Å². The Hall–Kier alpha value is -1.22. The molecule has 1 aliphatic rings. The molecule has 1 aromatic carbocycles. The molecule has 0 aliphatic carbocycles. The standard InChI is InChI=1S/C20H34N4O2.HI/c1-16(2)10-13-26-14-11-22-20(21-3)23-17-9-12-24(15-17)18-7-5-6-8-19(18)25-4;/h5-8,16-17H,9-15H2,1-4H3,(H2,21,22,23);1H. The highest BCUT2D eigenvalue weighted by atomic mass is 127. The summed E-state index contributed by atoms with van der Waals surface area (Å²) in [6, 6.07) is 8.55. The van der Waals surface area contributed by atoms with Gasteiger partial charge in [-0.1, -0.05) is 26.0 Å². The molecule has 1 saturated heterocycles. The third-order valence-electron chi connectivity index (χ3n) is 4.56. The second-order valence-corrected chi connectivity index (χ2v) is 7.04. The molecule has 154 valence electrons. The van der Waals surface area contributed by atoms with Crippen LogP contribution in [-0.2, 0) is 4.74 Å². The van der Waals surface area contributed by atoms with Gasteiger partial charge in [0.25, 0.3) is 0 Å². The number of hydrogen-bond acceptors (Lipinski definition) is 4. The van der Waals surface area contributed by atoms with Crippen LogP contribution in [0.3, 0.4) is 0 Å². The number of nitrogens with one attached hydrogen (secondary N) is 2. The Labute approximate surface area is 181 Å². The van der Waals surface area contributed by atoms with Crippen LogP contribution in [0.1, 0.15) is 26.7 Å². The van der Waals surface area contributed by atoms with E-state index in [0.717, 1.165) is 56.5 Å². The van der Waals surface area contributed by atoms with Crippen molar-refractivity contribution in [3.63, 3.8) is 0 Å². The maximum Gasteiger partial charge on any atom is 0.191 e. The van der Waals surface area contributed by atoms with Crippen LogP contribution >= 0.6 is 24.0 Å². The number of nitrogens with zero attached hydrogens (tertiary/aromatic N) is 2. The van der Waals surface area contributed by atoms with Gasteiger partial charge in [0.1, 0.15) is 5.75 Å². The van der Waals surface area contributed by atoms with Crippen molar-refractivity contribution in [1.29, 1.82) is 0 Å². The molecule has 2 N–H and O–H groups in total. The molecule has 0 radical (unpaired) electrons. The zero-order valence-corrected chi connectivity index (χ0v) is 19.4. The van der Waals surface area contributed by atoms with E-state index in [9.17, 15) is 0 Å². The highest BCUT2D eigenvalue weighted by molar-refractivity contribution is 14.0. The molecule has 2 rings (SSSR count). The van der Waals surface area contributed by atoms with E-state index in [1.165, 1.54) is 0 Å². The number of ether oxygens (including phenoxy) is 2. The molecule has 0 saturated carbocycles. The van der Waals surface area contributed by atoms with E-state index in [-0.39, 0.29) is 24.0 Å². The first-order valence-corrected chi connectivity index (χ1v) is 9.57. The molecule has 1 unspecified atom stereocenters. The number of anilines is 1. The molecule has 0 bridgehead atoms. The number of halogens is 1.